The zero-order chi connectivity index (χ0) is 13.7. The number of nitrogens with one attached hydrogen (secondary N) is 1. The van der Waals surface area contributed by atoms with Gasteiger partial charge in [-0.25, -0.2) is 10.8 Å². The van der Waals surface area contributed by atoms with Crippen LogP contribution in [-0.4, -0.2) is 28.5 Å². The quantitative estimate of drug-likeness (QED) is 0.618. The highest BCUT2D eigenvalue weighted by Crippen LogP contribution is 2.13. The zero-order valence-corrected chi connectivity index (χ0v) is 11.2. The van der Waals surface area contributed by atoms with Gasteiger partial charge in [-0.2, -0.15) is 4.98 Å². The van der Waals surface area contributed by atoms with E-state index in [1.165, 1.54) is 5.56 Å². The maximum absolute atomic E-state index is 5.35. The van der Waals surface area contributed by atoms with E-state index in [0.29, 0.717) is 5.95 Å². The van der Waals surface area contributed by atoms with Crippen molar-refractivity contribution in [2.75, 3.05) is 23.9 Å². The summed E-state index contributed by atoms with van der Waals surface area (Å²) in [6.07, 6.45) is 4.55. The molecule has 0 saturated carbocycles. The molecule has 3 N–H and O–H groups in total. The van der Waals surface area contributed by atoms with Crippen LogP contribution in [0.2, 0.25) is 0 Å². The first-order chi connectivity index (χ1) is 9.19. The van der Waals surface area contributed by atoms with E-state index in [-0.39, 0.29) is 0 Å². The molecule has 0 saturated heterocycles. The minimum atomic E-state index is 0.436. The van der Waals surface area contributed by atoms with Gasteiger partial charge in [0.1, 0.15) is 5.82 Å². The van der Waals surface area contributed by atoms with Gasteiger partial charge in [-0.1, -0.05) is 0 Å². The number of hydrogen-bond donors (Lipinski definition) is 2. The monoisotopic (exact) mass is 258 g/mol. The summed E-state index contributed by atoms with van der Waals surface area (Å²) < 4.78 is 0. The summed E-state index contributed by atoms with van der Waals surface area (Å²) in [5.74, 6) is 6.64. The molecule has 0 atom stereocenters. The molecule has 19 heavy (non-hydrogen) atoms. The number of nitrogen functional groups attached to an aromatic ring is 1. The Morgan fingerprint density at radius 2 is 2.00 bits per heavy atom. The molecule has 0 bridgehead atoms. The highest BCUT2D eigenvalue weighted by molar-refractivity contribution is 5.43. The van der Waals surface area contributed by atoms with Crippen molar-refractivity contribution in [3.8, 4) is 0 Å². The highest BCUT2D eigenvalue weighted by Gasteiger charge is 2.06. The molecule has 6 heteroatoms. The summed E-state index contributed by atoms with van der Waals surface area (Å²) in [5, 5.41) is 0. The second kappa shape index (κ2) is 6.10. The van der Waals surface area contributed by atoms with Gasteiger partial charge in [-0.3, -0.25) is 10.4 Å². The van der Waals surface area contributed by atoms with Gasteiger partial charge in [0, 0.05) is 37.7 Å². The van der Waals surface area contributed by atoms with Gasteiger partial charge in [0.05, 0.1) is 0 Å². The average molecular weight is 258 g/mol. The van der Waals surface area contributed by atoms with Crippen molar-refractivity contribution < 1.29 is 0 Å². The van der Waals surface area contributed by atoms with Crippen molar-refractivity contribution in [3.63, 3.8) is 0 Å². The maximum Gasteiger partial charge on any atom is 0.239 e. The molecule has 0 amide bonds. The molecule has 2 aromatic rings. The number of nitrogens with two attached hydrogens (primary N) is 1. The van der Waals surface area contributed by atoms with Crippen molar-refractivity contribution in [3.05, 3.63) is 41.9 Å². The number of pyridine rings is 1. The van der Waals surface area contributed by atoms with Crippen LogP contribution in [0.15, 0.2) is 30.6 Å². The van der Waals surface area contributed by atoms with Gasteiger partial charge in [0.25, 0.3) is 0 Å². The molecule has 2 rings (SSSR count). The predicted octanol–water partition coefficient (Wildman–Crippen LogP) is 1.14. The molecule has 0 spiro atoms. The third kappa shape index (κ3) is 3.62. The third-order valence-electron chi connectivity index (χ3n) is 2.85. The fraction of sp³-hybridized carbons (Fsp3) is 0.308. The van der Waals surface area contributed by atoms with E-state index in [0.717, 1.165) is 24.5 Å². The minimum absolute atomic E-state index is 0.436. The SMILES string of the molecule is Cc1cc(N(C)CCc2ccncc2)nc(NN)n1. The summed E-state index contributed by atoms with van der Waals surface area (Å²) in [6.45, 7) is 2.78. The molecule has 0 unspecified atom stereocenters. The van der Waals surface area contributed by atoms with E-state index in [2.05, 4.69) is 25.3 Å². The molecular weight excluding hydrogens is 240 g/mol. The number of rotatable bonds is 5. The summed E-state index contributed by atoms with van der Waals surface area (Å²) >= 11 is 0. The smallest absolute Gasteiger partial charge is 0.239 e. The van der Waals surface area contributed by atoms with Crippen LogP contribution in [0, 0.1) is 6.92 Å². The van der Waals surface area contributed by atoms with Gasteiger partial charge >= 0.3 is 0 Å². The minimum Gasteiger partial charge on any atom is -0.359 e. The van der Waals surface area contributed by atoms with Crippen LogP contribution in [0.25, 0.3) is 0 Å². The van der Waals surface area contributed by atoms with E-state index in [1.807, 2.05) is 32.2 Å². The van der Waals surface area contributed by atoms with Gasteiger partial charge in [0.2, 0.25) is 5.95 Å². The van der Waals surface area contributed by atoms with Crippen molar-refractivity contribution in [2.45, 2.75) is 13.3 Å². The number of likely N-dealkylation sites (N-methyl/N-ethyl adjacent to an activating group) is 1. The van der Waals surface area contributed by atoms with E-state index >= 15 is 0 Å². The number of hydrogen-bond acceptors (Lipinski definition) is 6. The van der Waals surface area contributed by atoms with Gasteiger partial charge in [-0.15, -0.1) is 0 Å². The third-order valence-corrected chi connectivity index (χ3v) is 2.85. The number of aryl methyl sites for hydroxylation is 1. The molecule has 0 aromatic carbocycles. The number of nitrogens with zero attached hydrogens (tertiary/aromatic N) is 4. The van der Waals surface area contributed by atoms with E-state index in [1.54, 1.807) is 12.4 Å². The first-order valence-corrected chi connectivity index (χ1v) is 6.11. The fourth-order valence-corrected chi connectivity index (χ4v) is 1.77. The molecule has 0 fully saturated rings. The lowest BCUT2D eigenvalue weighted by atomic mass is 10.2. The Morgan fingerprint density at radius 1 is 1.26 bits per heavy atom. The van der Waals surface area contributed by atoms with Crippen LogP contribution in [-0.2, 0) is 6.42 Å². The Bertz CT molecular complexity index is 528. The van der Waals surface area contributed by atoms with Crippen LogP contribution in [0.1, 0.15) is 11.3 Å². The van der Waals surface area contributed by atoms with Crippen LogP contribution < -0.4 is 16.2 Å². The molecule has 0 radical (unpaired) electrons. The zero-order valence-electron chi connectivity index (χ0n) is 11.2. The lowest BCUT2D eigenvalue weighted by molar-refractivity contribution is 0.852. The Morgan fingerprint density at radius 3 is 2.68 bits per heavy atom. The van der Waals surface area contributed by atoms with Crippen molar-refractivity contribution in [1.82, 2.24) is 15.0 Å². The molecule has 0 aliphatic rings. The first-order valence-electron chi connectivity index (χ1n) is 6.11. The van der Waals surface area contributed by atoms with Crippen molar-refractivity contribution in [2.24, 2.45) is 5.84 Å². The Labute approximate surface area is 112 Å². The van der Waals surface area contributed by atoms with Crippen LogP contribution in [0.5, 0.6) is 0 Å². The molecule has 6 nitrogen and oxygen atoms in total. The number of aromatic nitrogens is 3. The molecule has 100 valence electrons. The Kier molecular flexibility index (Phi) is 4.25. The second-order valence-electron chi connectivity index (χ2n) is 4.36. The van der Waals surface area contributed by atoms with E-state index in [9.17, 15) is 0 Å². The predicted molar refractivity (Wildman–Crippen MR) is 75.8 cm³/mol. The molecule has 2 aromatic heterocycles. The normalized spacial score (nSPS) is 10.3. The molecule has 0 aliphatic heterocycles. The number of hydrazine groups is 1. The Hall–Kier alpha value is -2.21. The second-order valence-corrected chi connectivity index (χ2v) is 4.36. The molecule has 2 heterocycles. The average Bonchev–Trinajstić information content (AvgIpc) is 2.45. The van der Waals surface area contributed by atoms with Gasteiger partial charge in [-0.05, 0) is 31.0 Å². The summed E-state index contributed by atoms with van der Waals surface area (Å²) in [7, 11) is 2.00. The van der Waals surface area contributed by atoms with Gasteiger partial charge in [0.15, 0.2) is 0 Å². The summed E-state index contributed by atoms with van der Waals surface area (Å²) in [4.78, 5) is 14.6. The first kappa shape index (κ1) is 13.2. The maximum atomic E-state index is 5.35. The van der Waals surface area contributed by atoms with E-state index < -0.39 is 0 Å². The summed E-state index contributed by atoms with van der Waals surface area (Å²) in [5.41, 5.74) is 4.62. The molecular formula is C13H18N6. The van der Waals surface area contributed by atoms with Crippen molar-refractivity contribution in [1.29, 1.82) is 0 Å². The lowest BCUT2D eigenvalue weighted by Gasteiger charge is -2.19. The van der Waals surface area contributed by atoms with Crippen LogP contribution in [0.3, 0.4) is 0 Å². The summed E-state index contributed by atoms with van der Waals surface area (Å²) in [6, 6.07) is 5.98. The topological polar surface area (TPSA) is 80.0 Å². The standard InChI is InChI=1S/C13H18N6/c1-10-9-12(17-13(16-10)18-14)19(2)8-5-11-3-6-15-7-4-11/h3-4,6-7,9H,5,8,14H2,1-2H3,(H,16,17,18). The lowest BCUT2D eigenvalue weighted by Crippen LogP contribution is -2.23. The van der Waals surface area contributed by atoms with Gasteiger partial charge < -0.3 is 4.90 Å². The van der Waals surface area contributed by atoms with Crippen molar-refractivity contribution >= 4 is 11.8 Å². The highest BCUT2D eigenvalue weighted by atomic mass is 15.3. The van der Waals surface area contributed by atoms with E-state index in [4.69, 9.17) is 5.84 Å². The Balaban J connectivity index is 2.03. The fourth-order valence-electron chi connectivity index (χ4n) is 1.77. The van der Waals surface area contributed by atoms with Crippen LogP contribution >= 0.6 is 0 Å². The largest absolute Gasteiger partial charge is 0.359 e. The van der Waals surface area contributed by atoms with Crippen LogP contribution in [0.4, 0.5) is 11.8 Å². The number of anilines is 2. The molecule has 0 aliphatic carbocycles.